The number of rotatable bonds is 7. The number of hydrogen-bond acceptors (Lipinski definition) is 4. The van der Waals surface area contributed by atoms with Crippen LogP contribution >= 0.6 is 11.6 Å². The molecule has 1 heterocycles. The summed E-state index contributed by atoms with van der Waals surface area (Å²) in [7, 11) is 0. The Kier molecular flexibility index (Phi) is 7.09. The van der Waals surface area contributed by atoms with Crippen LogP contribution in [-0.2, 0) is 14.3 Å². The standard InChI is InChI=1S/C22H23ClO5/c23-18-11-6-4-9-16(18)22-27-14-15(8-2-1-3-13-20(25)26)21(28-22)17-10-5-7-12-19(17)24/h1-2,4-7,9-12,15,21-22,24H,3,8,13-14H2,(H,25,26)/t15-,21+,22?/m0/s1. The maximum absolute atomic E-state index is 10.6. The molecule has 0 aliphatic carbocycles. The topological polar surface area (TPSA) is 76.0 Å². The number of halogens is 1. The molecule has 0 saturated carbocycles. The predicted molar refractivity (Wildman–Crippen MR) is 106 cm³/mol. The first kappa shape index (κ1) is 20.4. The summed E-state index contributed by atoms with van der Waals surface area (Å²) in [4.78, 5) is 10.6. The minimum atomic E-state index is -0.816. The van der Waals surface area contributed by atoms with Crippen LogP contribution in [0.2, 0.25) is 5.02 Å². The number of phenols is 1. The molecule has 0 bridgehead atoms. The van der Waals surface area contributed by atoms with E-state index in [1.54, 1.807) is 18.2 Å². The van der Waals surface area contributed by atoms with Crippen molar-refractivity contribution in [3.05, 3.63) is 76.8 Å². The average molecular weight is 403 g/mol. The lowest BCUT2D eigenvalue weighted by Crippen LogP contribution is -2.30. The fourth-order valence-electron chi connectivity index (χ4n) is 3.25. The molecule has 148 valence electrons. The van der Waals surface area contributed by atoms with Crippen molar-refractivity contribution in [3.8, 4) is 5.75 Å². The molecule has 0 amide bonds. The van der Waals surface area contributed by atoms with Crippen molar-refractivity contribution in [1.82, 2.24) is 0 Å². The Balaban J connectivity index is 1.77. The molecule has 3 atom stereocenters. The zero-order valence-electron chi connectivity index (χ0n) is 15.3. The molecule has 1 aliphatic heterocycles. The van der Waals surface area contributed by atoms with E-state index in [1.807, 2.05) is 42.5 Å². The lowest BCUT2D eigenvalue weighted by atomic mass is 9.91. The summed E-state index contributed by atoms with van der Waals surface area (Å²) in [6, 6.07) is 14.5. The van der Waals surface area contributed by atoms with E-state index in [0.29, 0.717) is 30.0 Å². The normalized spacial score (nSPS) is 22.4. The molecule has 2 aromatic rings. The smallest absolute Gasteiger partial charge is 0.303 e. The van der Waals surface area contributed by atoms with Crippen molar-refractivity contribution in [3.63, 3.8) is 0 Å². The molecule has 6 heteroatoms. The number of carboxylic acids is 1. The highest BCUT2D eigenvalue weighted by Crippen LogP contribution is 2.43. The lowest BCUT2D eigenvalue weighted by Gasteiger charge is -2.37. The first-order valence-corrected chi connectivity index (χ1v) is 9.60. The third-order valence-corrected chi connectivity index (χ3v) is 5.04. The van der Waals surface area contributed by atoms with Crippen LogP contribution in [0.25, 0.3) is 0 Å². The molecule has 1 saturated heterocycles. The number of allylic oxidation sites excluding steroid dienone is 2. The van der Waals surface area contributed by atoms with Crippen LogP contribution in [-0.4, -0.2) is 22.8 Å². The Morgan fingerprint density at radius 3 is 2.54 bits per heavy atom. The number of aliphatic carboxylic acids is 1. The Labute approximate surface area is 169 Å². The van der Waals surface area contributed by atoms with E-state index in [0.717, 1.165) is 5.56 Å². The molecule has 28 heavy (non-hydrogen) atoms. The monoisotopic (exact) mass is 402 g/mol. The summed E-state index contributed by atoms with van der Waals surface area (Å²) in [5.41, 5.74) is 1.45. The van der Waals surface area contributed by atoms with Gasteiger partial charge in [0.05, 0.1) is 12.7 Å². The molecule has 1 unspecified atom stereocenters. The second-order valence-corrected chi connectivity index (χ2v) is 7.11. The summed E-state index contributed by atoms with van der Waals surface area (Å²) >= 11 is 6.29. The molecule has 0 spiro atoms. The molecular formula is C22H23ClO5. The van der Waals surface area contributed by atoms with Crippen LogP contribution < -0.4 is 0 Å². The number of carboxylic acid groups (broad SMARTS) is 1. The molecule has 0 aromatic heterocycles. The van der Waals surface area contributed by atoms with Gasteiger partial charge in [-0.2, -0.15) is 0 Å². The van der Waals surface area contributed by atoms with Gasteiger partial charge in [0.25, 0.3) is 0 Å². The van der Waals surface area contributed by atoms with Gasteiger partial charge in [-0.3, -0.25) is 4.79 Å². The number of ether oxygens (including phenoxy) is 2. The van der Waals surface area contributed by atoms with Gasteiger partial charge in [-0.1, -0.05) is 60.2 Å². The summed E-state index contributed by atoms with van der Waals surface area (Å²) in [6.45, 7) is 0.429. The summed E-state index contributed by atoms with van der Waals surface area (Å²) in [6.07, 6.45) is 4.04. The molecule has 5 nitrogen and oxygen atoms in total. The Morgan fingerprint density at radius 1 is 1.11 bits per heavy atom. The maximum Gasteiger partial charge on any atom is 0.303 e. The Morgan fingerprint density at radius 2 is 1.82 bits per heavy atom. The zero-order chi connectivity index (χ0) is 19.9. The largest absolute Gasteiger partial charge is 0.508 e. The summed E-state index contributed by atoms with van der Waals surface area (Å²) in [5.74, 6) is -0.663. The summed E-state index contributed by atoms with van der Waals surface area (Å²) < 4.78 is 12.2. The van der Waals surface area contributed by atoms with E-state index in [4.69, 9.17) is 26.2 Å². The third-order valence-electron chi connectivity index (χ3n) is 4.69. The van der Waals surface area contributed by atoms with Gasteiger partial charge in [-0.15, -0.1) is 0 Å². The van der Waals surface area contributed by atoms with Crippen LogP contribution in [0.3, 0.4) is 0 Å². The van der Waals surface area contributed by atoms with Crippen molar-refractivity contribution in [1.29, 1.82) is 0 Å². The minimum Gasteiger partial charge on any atom is -0.508 e. The van der Waals surface area contributed by atoms with Crippen molar-refractivity contribution in [2.75, 3.05) is 6.61 Å². The lowest BCUT2D eigenvalue weighted by molar-refractivity contribution is -0.244. The third kappa shape index (κ3) is 5.13. The van der Waals surface area contributed by atoms with Crippen LogP contribution in [0.5, 0.6) is 5.75 Å². The number of carbonyl (C=O) groups is 1. The van der Waals surface area contributed by atoms with E-state index < -0.39 is 12.3 Å². The molecule has 2 aromatic carbocycles. The Bertz CT molecular complexity index is 835. The van der Waals surface area contributed by atoms with Crippen molar-refractivity contribution in [2.24, 2.45) is 5.92 Å². The molecular weight excluding hydrogens is 380 g/mol. The quantitative estimate of drug-likeness (QED) is 0.618. The molecule has 1 aliphatic rings. The average Bonchev–Trinajstić information content (AvgIpc) is 2.68. The number of hydrogen-bond donors (Lipinski definition) is 2. The van der Waals surface area contributed by atoms with Crippen LogP contribution in [0.15, 0.2) is 60.7 Å². The number of para-hydroxylation sites is 1. The molecule has 2 N–H and O–H groups in total. The van der Waals surface area contributed by atoms with Gasteiger partial charge in [0.2, 0.25) is 0 Å². The predicted octanol–water partition coefficient (Wildman–Crippen LogP) is 5.26. The van der Waals surface area contributed by atoms with E-state index in [2.05, 4.69) is 0 Å². The van der Waals surface area contributed by atoms with E-state index >= 15 is 0 Å². The van der Waals surface area contributed by atoms with E-state index in [9.17, 15) is 9.90 Å². The second kappa shape index (κ2) is 9.73. The van der Waals surface area contributed by atoms with Crippen molar-refractivity contribution >= 4 is 17.6 Å². The van der Waals surface area contributed by atoms with Gasteiger partial charge in [0, 0.05) is 28.5 Å². The van der Waals surface area contributed by atoms with Crippen molar-refractivity contribution < 1.29 is 24.5 Å². The van der Waals surface area contributed by atoms with Gasteiger partial charge < -0.3 is 19.7 Å². The van der Waals surface area contributed by atoms with Gasteiger partial charge >= 0.3 is 5.97 Å². The van der Waals surface area contributed by atoms with Crippen LogP contribution in [0.4, 0.5) is 0 Å². The fourth-order valence-corrected chi connectivity index (χ4v) is 3.48. The SMILES string of the molecule is O=C(O)CCC=CC[C@H]1COC(c2ccccc2Cl)O[C@H]1c1ccccc1O. The highest BCUT2D eigenvalue weighted by atomic mass is 35.5. The molecule has 0 radical (unpaired) electrons. The fraction of sp³-hybridized carbons (Fsp3) is 0.318. The van der Waals surface area contributed by atoms with Gasteiger partial charge in [0.1, 0.15) is 5.75 Å². The first-order chi connectivity index (χ1) is 13.6. The van der Waals surface area contributed by atoms with Crippen molar-refractivity contribution in [2.45, 2.75) is 31.7 Å². The second-order valence-electron chi connectivity index (χ2n) is 6.70. The number of benzene rings is 2. The summed E-state index contributed by atoms with van der Waals surface area (Å²) in [5, 5.41) is 19.6. The zero-order valence-corrected chi connectivity index (χ0v) is 16.1. The van der Waals surface area contributed by atoms with Crippen LogP contribution in [0, 0.1) is 5.92 Å². The number of phenolic OH excluding ortho intramolecular Hbond substituents is 1. The van der Waals surface area contributed by atoms with E-state index in [-0.39, 0.29) is 24.2 Å². The van der Waals surface area contributed by atoms with Gasteiger partial charge in [-0.05, 0) is 25.0 Å². The maximum atomic E-state index is 10.6. The highest BCUT2D eigenvalue weighted by molar-refractivity contribution is 6.31. The minimum absolute atomic E-state index is 0.0203. The van der Waals surface area contributed by atoms with Crippen LogP contribution in [0.1, 0.15) is 42.8 Å². The highest BCUT2D eigenvalue weighted by Gasteiger charge is 2.35. The van der Waals surface area contributed by atoms with Gasteiger partial charge in [0.15, 0.2) is 6.29 Å². The number of aromatic hydroxyl groups is 1. The molecule has 1 fully saturated rings. The molecule has 3 rings (SSSR count). The first-order valence-electron chi connectivity index (χ1n) is 9.22. The Hall–Kier alpha value is -2.34. The van der Waals surface area contributed by atoms with E-state index in [1.165, 1.54) is 0 Å². The van der Waals surface area contributed by atoms with Gasteiger partial charge in [-0.25, -0.2) is 0 Å².